The van der Waals surface area contributed by atoms with Crippen molar-refractivity contribution in [1.29, 1.82) is 5.26 Å². The normalized spacial score (nSPS) is 12.1. The zero-order valence-electron chi connectivity index (χ0n) is 9.22. The Hall–Kier alpha value is -2.22. The molecule has 0 radical (unpaired) electrons. The van der Waals surface area contributed by atoms with Gasteiger partial charge in [0.15, 0.2) is 0 Å². The van der Waals surface area contributed by atoms with E-state index in [9.17, 15) is 4.39 Å². The van der Waals surface area contributed by atoms with Crippen LogP contribution in [0.1, 0.15) is 12.8 Å². The van der Waals surface area contributed by atoms with Gasteiger partial charge in [-0.25, -0.2) is 4.39 Å². The number of nitrogens with zero attached hydrogens (tertiary/aromatic N) is 3. The van der Waals surface area contributed by atoms with Crippen molar-refractivity contribution in [2.24, 2.45) is 5.92 Å². The van der Waals surface area contributed by atoms with Gasteiger partial charge in [-0.3, -0.25) is 0 Å². The monoisotopic (exact) mass is 231 g/mol. The van der Waals surface area contributed by atoms with Crippen molar-refractivity contribution >= 4 is 0 Å². The van der Waals surface area contributed by atoms with E-state index in [1.165, 1.54) is 12.1 Å². The number of aromatic nitrogens is 2. The lowest BCUT2D eigenvalue weighted by Gasteiger charge is -1.94. The molecule has 1 atom stereocenters. The van der Waals surface area contributed by atoms with Crippen molar-refractivity contribution in [3.63, 3.8) is 0 Å². The Morgan fingerprint density at radius 3 is 2.76 bits per heavy atom. The molecule has 0 bridgehead atoms. The van der Waals surface area contributed by atoms with Crippen LogP contribution in [-0.4, -0.2) is 10.1 Å². The van der Waals surface area contributed by atoms with Gasteiger partial charge in [0, 0.05) is 12.0 Å². The van der Waals surface area contributed by atoms with Gasteiger partial charge in [0.05, 0.1) is 12.0 Å². The van der Waals surface area contributed by atoms with E-state index in [0.29, 0.717) is 23.7 Å². The van der Waals surface area contributed by atoms with E-state index in [-0.39, 0.29) is 11.7 Å². The Kier molecular flexibility index (Phi) is 3.15. The third-order valence-corrected chi connectivity index (χ3v) is 2.27. The summed E-state index contributed by atoms with van der Waals surface area (Å²) in [5.41, 5.74) is 0.686. The zero-order valence-corrected chi connectivity index (χ0v) is 9.22. The lowest BCUT2D eigenvalue weighted by molar-refractivity contribution is 0.369. The first-order chi connectivity index (χ1) is 8.19. The van der Waals surface area contributed by atoms with E-state index in [0.717, 1.165) is 0 Å². The predicted octanol–water partition coefficient (Wildman–Crippen LogP) is 2.58. The van der Waals surface area contributed by atoms with Gasteiger partial charge in [0.25, 0.3) is 0 Å². The highest BCUT2D eigenvalue weighted by Crippen LogP contribution is 2.17. The first kappa shape index (κ1) is 11.3. The molecular formula is C12H10FN3O. The van der Waals surface area contributed by atoms with Gasteiger partial charge in [0.2, 0.25) is 11.7 Å². The topological polar surface area (TPSA) is 62.7 Å². The van der Waals surface area contributed by atoms with Gasteiger partial charge in [0.1, 0.15) is 5.82 Å². The van der Waals surface area contributed by atoms with Gasteiger partial charge < -0.3 is 4.52 Å². The highest BCUT2D eigenvalue weighted by Gasteiger charge is 2.11. The largest absolute Gasteiger partial charge is 0.339 e. The van der Waals surface area contributed by atoms with Crippen LogP contribution in [0.4, 0.5) is 4.39 Å². The predicted molar refractivity (Wildman–Crippen MR) is 58.2 cm³/mol. The summed E-state index contributed by atoms with van der Waals surface area (Å²) in [4.78, 5) is 4.15. The SMILES string of the molecule is CC(C#N)Cc1nc(-c2ccc(F)cc2)no1. The smallest absolute Gasteiger partial charge is 0.228 e. The lowest BCUT2D eigenvalue weighted by Crippen LogP contribution is -1.96. The molecule has 0 fully saturated rings. The fourth-order valence-electron chi connectivity index (χ4n) is 1.36. The van der Waals surface area contributed by atoms with Crippen LogP contribution in [0.5, 0.6) is 0 Å². The molecule has 0 aliphatic carbocycles. The standard InChI is InChI=1S/C12H10FN3O/c1-8(7-14)6-11-15-12(16-17-11)9-2-4-10(13)5-3-9/h2-5,8H,6H2,1H3. The van der Waals surface area contributed by atoms with Crippen LogP contribution in [-0.2, 0) is 6.42 Å². The van der Waals surface area contributed by atoms with Crippen molar-refractivity contribution in [2.45, 2.75) is 13.3 Å². The molecule has 2 rings (SSSR count). The average molecular weight is 231 g/mol. The van der Waals surface area contributed by atoms with Crippen LogP contribution in [0.3, 0.4) is 0 Å². The lowest BCUT2D eigenvalue weighted by atomic mass is 10.1. The van der Waals surface area contributed by atoms with E-state index < -0.39 is 0 Å². The van der Waals surface area contributed by atoms with Crippen LogP contribution in [0, 0.1) is 23.1 Å². The highest BCUT2D eigenvalue weighted by atomic mass is 19.1. The Morgan fingerprint density at radius 1 is 1.41 bits per heavy atom. The summed E-state index contributed by atoms with van der Waals surface area (Å²) in [5, 5.41) is 12.5. The second-order valence-corrected chi connectivity index (χ2v) is 3.75. The number of hydrogen-bond acceptors (Lipinski definition) is 4. The number of benzene rings is 1. The molecule has 0 saturated heterocycles. The van der Waals surface area contributed by atoms with Crippen LogP contribution in [0.25, 0.3) is 11.4 Å². The summed E-state index contributed by atoms with van der Waals surface area (Å²) in [6.07, 6.45) is 0.421. The third-order valence-electron chi connectivity index (χ3n) is 2.27. The second-order valence-electron chi connectivity index (χ2n) is 3.75. The Balaban J connectivity index is 2.18. The van der Waals surface area contributed by atoms with E-state index in [4.69, 9.17) is 9.78 Å². The summed E-state index contributed by atoms with van der Waals surface area (Å²) >= 11 is 0. The van der Waals surface area contributed by atoms with Crippen LogP contribution >= 0.6 is 0 Å². The molecule has 5 heteroatoms. The molecule has 86 valence electrons. The number of hydrogen-bond donors (Lipinski definition) is 0. The molecule has 0 amide bonds. The number of rotatable bonds is 3. The summed E-state index contributed by atoms with van der Waals surface area (Å²) < 4.78 is 17.7. The Labute approximate surface area is 97.7 Å². The summed E-state index contributed by atoms with van der Waals surface area (Å²) in [7, 11) is 0. The molecule has 17 heavy (non-hydrogen) atoms. The zero-order chi connectivity index (χ0) is 12.3. The number of nitriles is 1. The van der Waals surface area contributed by atoms with Crippen LogP contribution in [0.2, 0.25) is 0 Å². The van der Waals surface area contributed by atoms with Gasteiger partial charge in [-0.2, -0.15) is 10.2 Å². The summed E-state index contributed by atoms with van der Waals surface area (Å²) in [6.45, 7) is 1.78. The fourth-order valence-corrected chi connectivity index (χ4v) is 1.36. The molecule has 1 aromatic carbocycles. The van der Waals surface area contributed by atoms with Gasteiger partial charge in [-0.1, -0.05) is 5.16 Å². The molecular weight excluding hydrogens is 221 g/mol. The Bertz CT molecular complexity index is 542. The molecule has 0 saturated carbocycles. The average Bonchev–Trinajstić information content (AvgIpc) is 2.78. The molecule has 1 aromatic heterocycles. The first-order valence-electron chi connectivity index (χ1n) is 5.17. The van der Waals surface area contributed by atoms with Gasteiger partial charge >= 0.3 is 0 Å². The highest BCUT2D eigenvalue weighted by molar-refractivity contribution is 5.53. The van der Waals surface area contributed by atoms with Crippen LogP contribution in [0.15, 0.2) is 28.8 Å². The van der Waals surface area contributed by atoms with Crippen molar-refractivity contribution in [2.75, 3.05) is 0 Å². The second kappa shape index (κ2) is 4.74. The minimum absolute atomic E-state index is 0.170. The molecule has 0 spiro atoms. The van der Waals surface area contributed by atoms with Crippen molar-refractivity contribution in [1.82, 2.24) is 10.1 Å². The summed E-state index contributed by atoms with van der Waals surface area (Å²) in [5.74, 6) is 0.343. The minimum Gasteiger partial charge on any atom is -0.339 e. The molecule has 2 aromatic rings. The summed E-state index contributed by atoms with van der Waals surface area (Å²) in [6, 6.07) is 7.93. The van der Waals surface area contributed by atoms with Gasteiger partial charge in [-0.05, 0) is 31.2 Å². The van der Waals surface area contributed by atoms with Crippen LogP contribution < -0.4 is 0 Å². The minimum atomic E-state index is -0.310. The molecule has 0 aliphatic rings. The maximum atomic E-state index is 12.7. The number of halogens is 1. The third kappa shape index (κ3) is 2.67. The maximum Gasteiger partial charge on any atom is 0.228 e. The van der Waals surface area contributed by atoms with Crippen molar-refractivity contribution < 1.29 is 8.91 Å². The first-order valence-corrected chi connectivity index (χ1v) is 5.17. The Morgan fingerprint density at radius 2 is 2.12 bits per heavy atom. The maximum absolute atomic E-state index is 12.7. The molecule has 0 aliphatic heterocycles. The molecule has 4 nitrogen and oxygen atoms in total. The van der Waals surface area contributed by atoms with E-state index in [1.807, 2.05) is 0 Å². The van der Waals surface area contributed by atoms with Crippen molar-refractivity contribution in [3.8, 4) is 17.5 Å². The molecule has 1 heterocycles. The fraction of sp³-hybridized carbons (Fsp3) is 0.250. The van der Waals surface area contributed by atoms with E-state index >= 15 is 0 Å². The van der Waals surface area contributed by atoms with E-state index in [1.54, 1.807) is 19.1 Å². The molecule has 1 unspecified atom stereocenters. The van der Waals surface area contributed by atoms with E-state index in [2.05, 4.69) is 16.2 Å². The van der Waals surface area contributed by atoms with Gasteiger partial charge in [-0.15, -0.1) is 0 Å². The quantitative estimate of drug-likeness (QED) is 0.814. The molecule has 0 N–H and O–H groups in total. The van der Waals surface area contributed by atoms with Crippen molar-refractivity contribution in [3.05, 3.63) is 36.0 Å².